The quantitative estimate of drug-likeness (QED) is 0.358. The van der Waals surface area contributed by atoms with Gasteiger partial charge in [-0.25, -0.2) is 0 Å². The molecule has 0 amide bonds. The van der Waals surface area contributed by atoms with Gasteiger partial charge in [0.15, 0.2) is 9.28 Å². The Bertz CT molecular complexity index is 509. The zero-order valence-corrected chi connectivity index (χ0v) is 21.7. The van der Waals surface area contributed by atoms with Gasteiger partial charge in [0.05, 0.1) is 15.8 Å². The van der Waals surface area contributed by atoms with Crippen molar-refractivity contribution in [3.05, 3.63) is 0 Å². The lowest BCUT2D eigenvalue weighted by molar-refractivity contribution is 0.240. The van der Waals surface area contributed by atoms with Crippen LogP contribution in [-0.2, 0) is 0 Å². The highest BCUT2D eigenvalue weighted by atomic mass is 31.4. The van der Waals surface area contributed by atoms with E-state index >= 15 is 0 Å². The van der Waals surface area contributed by atoms with Crippen molar-refractivity contribution in [2.45, 2.75) is 102 Å². The Kier molecular flexibility index (Phi) is 2.71. The van der Waals surface area contributed by atoms with Crippen LogP contribution >= 0.6 is 31.7 Å². The van der Waals surface area contributed by atoms with Gasteiger partial charge in [-0.2, -0.15) is 0 Å². The molecule has 0 nitrogen and oxygen atoms in total. The fourth-order valence-corrected chi connectivity index (χ4v) is 63.8. The third-order valence-corrected chi connectivity index (χ3v) is 41.2. The van der Waals surface area contributed by atoms with Gasteiger partial charge in [-0.3, -0.25) is 0 Å². The molecule has 136 valence electrons. The highest BCUT2D eigenvalue weighted by Crippen LogP contribution is 3.55. The first kappa shape index (κ1) is 17.8. The van der Waals surface area contributed by atoms with Crippen LogP contribution in [0.1, 0.15) is 83.1 Å². The number of hydrogen-bond acceptors (Lipinski definition) is 0. The van der Waals surface area contributed by atoms with Crippen molar-refractivity contribution in [1.82, 2.24) is 0 Å². The molecule has 0 unspecified atom stereocenters. The molecule has 0 aromatic carbocycles. The fourth-order valence-electron chi connectivity index (χ4n) is 8.26. The van der Waals surface area contributed by atoms with Gasteiger partial charge in [-0.1, -0.05) is 83.1 Å². The maximum absolute atomic E-state index is 2.64. The summed E-state index contributed by atoms with van der Waals surface area (Å²) >= 11 is 0. The summed E-state index contributed by atoms with van der Waals surface area (Å²) in [5, 5.41) is 0. The van der Waals surface area contributed by atoms with Crippen LogP contribution in [0.2, 0.25) is 0 Å². The Labute approximate surface area is 155 Å². The number of hydrogen-bond donors (Lipinski definition) is 0. The molecule has 0 saturated carbocycles. The molecule has 6 heterocycles. The maximum Gasteiger partial charge on any atom is 0.213 e. The molecule has 0 aromatic heterocycles. The zero-order valence-electron chi connectivity index (χ0n) is 17.9. The van der Waals surface area contributed by atoms with E-state index in [1.54, 1.807) is 0 Å². The smallest absolute Gasteiger partial charge is 0.0554 e. The highest BCUT2D eigenvalue weighted by molar-refractivity contribution is 8.53. The highest BCUT2D eigenvalue weighted by Gasteiger charge is 3.37. The molecule has 0 spiro atoms. The van der Waals surface area contributed by atoms with Gasteiger partial charge in [0.1, 0.15) is 15.8 Å². The Hall–Kier alpha value is 1.72. The largest absolute Gasteiger partial charge is 0.213 e. The molecule has 0 N–H and O–H groups in total. The first-order valence-electron chi connectivity index (χ1n) is 9.84. The topological polar surface area (TPSA) is 0 Å². The lowest BCUT2D eigenvalue weighted by Crippen LogP contribution is -3.01. The summed E-state index contributed by atoms with van der Waals surface area (Å²) in [6.45, 7) is 31.7. The van der Waals surface area contributed by atoms with Gasteiger partial charge in [0, 0.05) is 21.7 Å². The molecular weight excluding hydrogens is 364 g/mol. The molecule has 24 heavy (non-hydrogen) atoms. The summed E-state index contributed by atoms with van der Waals surface area (Å²) in [6, 6.07) is 0. The second kappa shape index (κ2) is 3.65. The number of rotatable bonds is 0. The average molecular weight is 402 g/mol. The normalized spacial score (nSPS) is 59.5. The maximum atomic E-state index is 2.64. The minimum Gasteiger partial charge on any atom is -0.0554 e. The summed E-state index contributed by atoms with van der Waals surface area (Å²) in [4.78, 5) is 0. The van der Waals surface area contributed by atoms with E-state index in [0.717, 1.165) is 18.6 Å². The first-order chi connectivity index (χ1) is 10.5. The van der Waals surface area contributed by atoms with Crippen molar-refractivity contribution < 1.29 is 0 Å². The van der Waals surface area contributed by atoms with E-state index in [1.165, 1.54) is 0 Å². The van der Waals surface area contributed by atoms with E-state index in [-0.39, 0.29) is 15.8 Å². The Balaban J connectivity index is 1.76. The van der Waals surface area contributed by atoms with Crippen molar-refractivity contribution in [3.63, 3.8) is 0 Å². The molecule has 0 aliphatic carbocycles. The molecule has 0 atom stereocenters. The predicted molar refractivity (Wildman–Crippen MR) is 119 cm³/mol. The third-order valence-electron chi connectivity index (χ3n) is 8.37. The first-order valence-corrected chi connectivity index (χ1v) is 15.5. The van der Waals surface area contributed by atoms with Crippen molar-refractivity contribution in [1.29, 1.82) is 0 Å². The van der Waals surface area contributed by atoms with Crippen LogP contribution in [0, 0.1) is 21.7 Å². The van der Waals surface area contributed by atoms with Crippen LogP contribution < -0.4 is 0 Å². The van der Waals surface area contributed by atoms with Crippen LogP contribution in [0.15, 0.2) is 0 Å². The molecule has 0 bridgehead atoms. The minimum absolute atomic E-state index is 0.185. The van der Waals surface area contributed by atoms with Gasteiger partial charge in [-0.05, 0) is 0 Å². The molecule has 4 heteroatoms. The molecular formula is C20H38P4+2. The van der Waals surface area contributed by atoms with E-state index in [0.29, 0.717) is 37.5 Å². The molecule has 6 aliphatic heterocycles. The lowest BCUT2D eigenvalue weighted by Gasteiger charge is -3.10. The van der Waals surface area contributed by atoms with Crippen molar-refractivity contribution >= 4 is 31.7 Å². The standard InChI is InChI=1S/C20H36P4/c1-13(2,3)17-21-18(14(4,5)6)22(17)20(16(10,11)12)23(17)19(21,24(18)20)15(7,8)9/h1-12H3/p+2. The van der Waals surface area contributed by atoms with E-state index in [2.05, 4.69) is 83.1 Å². The lowest BCUT2D eigenvalue weighted by atomic mass is 9.95. The van der Waals surface area contributed by atoms with E-state index in [9.17, 15) is 0 Å². The summed E-state index contributed by atoms with van der Waals surface area (Å²) in [7, 11) is 0.231. The van der Waals surface area contributed by atoms with Crippen LogP contribution in [0.5, 0.6) is 0 Å². The van der Waals surface area contributed by atoms with Gasteiger partial charge < -0.3 is 0 Å². The van der Waals surface area contributed by atoms with E-state index in [4.69, 9.17) is 0 Å². The van der Waals surface area contributed by atoms with Crippen molar-refractivity contribution in [2.24, 2.45) is 21.7 Å². The monoisotopic (exact) mass is 402 g/mol. The van der Waals surface area contributed by atoms with Gasteiger partial charge in [0.2, 0.25) is 9.28 Å². The average Bonchev–Trinajstić information content (AvgIpc) is 2.32. The van der Waals surface area contributed by atoms with E-state index < -0.39 is 0 Å². The predicted octanol–water partition coefficient (Wildman–Crippen LogP) is 8.25. The Morgan fingerprint density at radius 2 is 0.708 bits per heavy atom. The summed E-state index contributed by atoms with van der Waals surface area (Å²) in [6.07, 6.45) is 0. The third kappa shape index (κ3) is 1.02. The molecule has 0 radical (unpaired) electrons. The van der Waals surface area contributed by atoms with Gasteiger partial charge in [-0.15, -0.1) is 0 Å². The summed E-state index contributed by atoms with van der Waals surface area (Å²) in [5.41, 5.74) is 2.37. The molecule has 6 rings (SSSR count). The van der Waals surface area contributed by atoms with Crippen LogP contribution in [0.3, 0.4) is 0 Å². The second-order valence-electron chi connectivity index (χ2n) is 13.2. The molecule has 6 fully saturated rings. The Morgan fingerprint density at radius 1 is 0.458 bits per heavy atom. The van der Waals surface area contributed by atoms with Crippen LogP contribution in [-0.4, -0.2) is 18.6 Å². The van der Waals surface area contributed by atoms with Gasteiger partial charge >= 0.3 is 0 Å². The molecule has 6 saturated heterocycles. The molecule has 6 aliphatic rings. The SMILES string of the molecule is CC(C)(C)C12P3C4(C(C)(C)C)P1C1(C(C)(C)C)[PH+]2C3(C(C)(C)C)[PH+]41. The second-order valence-corrected chi connectivity index (χ2v) is 29.6. The van der Waals surface area contributed by atoms with Crippen molar-refractivity contribution in [3.8, 4) is 0 Å². The molecule has 0 aromatic rings. The Morgan fingerprint density at radius 3 is 0.875 bits per heavy atom. The van der Waals surface area contributed by atoms with Crippen LogP contribution in [0.4, 0.5) is 0 Å². The van der Waals surface area contributed by atoms with Crippen molar-refractivity contribution in [2.75, 3.05) is 0 Å². The van der Waals surface area contributed by atoms with E-state index in [1.807, 2.05) is 0 Å². The fraction of sp³-hybridized carbons (Fsp3) is 1.00. The van der Waals surface area contributed by atoms with Crippen LogP contribution in [0.25, 0.3) is 0 Å². The summed E-state index contributed by atoms with van der Waals surface area (Å²) < 4.78 is 3.73. The van der Waals surface area contributed by atoms with Gasteiger partial charge in [0.25, 0.3) is 0 Å². The zero-order chi connectivity index (χ0) is 18.3. The minimum atomic E-state index is -0.185. The summed E-state index contributed by atoms with van der Waals surface area (Å²) in [5.74, 6) is 0.